The molecule has 0 spiro atoms. The van der Waals surface area contributed by atoms with E-state index in [1.807, 2.05) is 54.6 Å². The maximum Gasteiger partial charge on any atom is 0.271 e. The van der Waals surface area contributed by atoms with Crippen molar-refractivity contribution in [3.63, 3.8) is 0 Å². The fraction of sp³-hybridized carbons (Fsp3) is 0.107. The summed E-state index contributed by atoms with van der Waals surface area (Å²) in [5, 5.41) is 15.5. The van der Waals surface area contributed by atoms with E-state index < -0.39 is 5.91 Å². The summed E-state index contributed by atoms with van der Waals surface area (Å²) in [7, 11) is 3.04. The number of hydrogen-bond acceptors (Lipinski definition) is 6. The van der Waals surface area contributed by atoms with Gasteiger partial charge < -0.3 is 14.2 Å². The number of carbonyl (C=O) groups excluding carboxylic acids is 1. The number of benzene rings is 4. The van der Waals surface area contributed by atoms with E-state index in [4.69, 9.17) is 14.2 Å². The summed E-state index contributed by atoms with van der Waals surface area (Å²) < 4.78 is 16.5. The summed E-state index contributed by atoms with van der Waals surface area (Å²) in [6.07, 6.45) is 1.56. The molecular weight excluding hydrogens is 442 g/mol. The average Bonchev–Trinajstić information content (AvgIpc) is 2.92. The number of hydrogen-bond donors (Lipinski definition) is 1. The van der Waals surface area contributed by atoms with Crippen LogP contribution in [0.3, 0.4) is 0 Å². The molecule has 0 saturated carbocycles. The molecule has 35 heavy (non-hydrogen) atoms. The first-order valence-corrected chi connectivity index (χ1v) is 10.8. The normalized spacial score (nSPS) is 10.7. The monoisotopic (exact) mass is 465 g/mol. The van der Waals surface area contributed by atoms with E-state index in [9.17, 15) is 10.1 Å². The second kappa shape index (κ2) is 10.9. The highest BCUT2D eigenvalue weighted by atomic mass is 16.5. The first-order chi connectivity index (χ1) is 17.1. The Morgan fingerprint density at radius 1 is 0.971 bits per heavy atom. The van der Waals surface area contributed by atoms with Gasteiger partial charge in [-0.3, -0.25) is 4.79 Å². The van der Waals surface area contributed by atoms with Crippen LogP contribution >= 0.6 is 0 Å². The van der Waals surface area contributed by atoms with Gasteiger partial charge in [-0.25, -0.2) is 5.43 Å². The Hall–Kier alpha value is -4.83. The number of amides is 1. The molecule has 4 aromatic carbocycles. The molecule has 0 unspecified atom stereocenters. The Kier molecular flexibility index (Phi) is 7.24. The van der Waals surface area contributed by atoms with Gasteiger partial charge in [0, 0.05) is 22.8 Å². The Labute approximate surface area is 203 Å². The largest absolute Gasteiger partial charge is 0.497 e. The van der Waals surface area contributed by atoms with Crippen LogP contribution in [0.4, 0.5) is 0 Å². The SMILES string of the molecule is COc1cc(OC)cc(C(=O)N/N=C\c2c(OCc3ccccc3C#N)ccc3ccccc23)c1. The zero-order chi connectivity index (χ0) is 24.6. The van der Waals surface area contributed by atoms with E-state index >= 15 is 0 Å². The molecule has 0 radical (unpaired) electrons. The predicted molar refractivity (Wildman–Crippen MR) is 134 cm³/mol. The molecule has 0 fully saturated rings. The number of ether oxygens (including phenoxy) is 3. The van der Waals surface area contributed by atoms with Crippen LogP contribution in [-0.4, -0.2) is 26.3 Å². The molecule has 7 heteroatoms. The third-order valence-electron chi connectivity index (χ3n) is 5.43. The minimum absolute atomic E-state index is 0.221. The molecule has 4 aromatic rings. The lowest BCUT2D eigenvalue weighted by atomic mass is 10.0. The van der Waals surface area contributed by atoms with Gasteiger partial charge in [0.25, 0.3) is 5.91 Å². The number of nitrogens with zero attached hydrogens (tertiary/aromatic N) is 2. The smallest absolute Gasteiger partial charge is 0.271 e. The molecule has 4 rings (SSSR count). The van der Waals surface area contributed by atoms with Gasteiger partial charge in [-0.2, -0.15) is 10.4 Å². The number of nitrogens with one attached hydrogen (secondary N) is 1. The van der Waals surface area contributed by atoms with Crippen LogP contribution in [0, 0.1) is 11.3 Å². The van der Waals surface area contributed by atoms with E-state index in [-0.39, 0.29) is 6.61 Å². The molecule has 174 valence electrons. The van der Waals surface area contributed by atoms with Crippen LogP contribution in [0.5, 0.6) is 17.2 Å². The number of methoxy groups -OCH3 is 2. The van der Waals surface area contributed by atoms with Gasteiger partial charge in [0.1, 0.15) is 23.9 Å². The van der Waals surface area contributed by atoms with E-state index in [2.05, 4.69) is 16.6 Å². The topological polar surface area (TPSA) is 92.9 Å². The second-order valence-corrected chi connectivity index (χ2v) is 7.56. The second-order valence-electron chi connectivity index (χ2n) is 7.56. The minimum atomic E-state index is -0.413. The molecule has 0 bridgehead atoms. The van der Waals surface area contributed by atoms with Crippen LogP contribution < -0.4 is 19.6 Å². The van der Waals surface area contributed by atoms with Crippen LogP contribution in [0.2, 0.25) is 0 Å². The van der Waals surface area contributed by atoms with Crippen molar-refractivity contribution < 1.29 is 19.0 Å². The van der Waals surface area contributed by atoms with Crippen molar-refractivity contribution in [2.75, 3.05) is 14.2 Å². The Morgan fingerprint density at radius 3 is 2.43 bits per heavy atom. The van der Waals surface area contributed by atoms with Crippen molar-refractivity contribution in [1.82, 2.24) is 5.43 Å². The third kappa shape index (κ3) is 5.40. The van der Waals surface area contributed by atoms with Gasteiger partial charge in [-0.1, -0.05) is 48.5 Å². The molecule has 0 atom stereocenters. The summed E-state index contributed by atoms with van der Waals surface area (Å²) in [5.41, 5.74) is 4.96. The average molecular weight is 466 g/mol. The lowest BCUT2D eigenvalue weighted by molar-refractivity contribution is 0.0954. The fourth-order valence-corrected chi connectivity index (χ4v) is 3.60. The summed E-state index contributed by atoms with van der Waals surface area (Å²) >= 11 is 0. The number of nitriles is 1. The zero-order valence-electron chi connectivity index (χ0n) is 19.3. The van der Waals surface area contributed by atoms with Crippen LogP contribution in [-0.2, 0) is 6.61 Å². The quantitative estimate of drug-likeness (QED) is 0.290. The molecule has 0 heterocycles. The van der Waals surface area contributed by atoms with E-state index in [0.29, 0.717) is 33.9 Å². The van der Waals surface area contributed by atoms with Crippen LogP contribution in [0.1, 0.15) is 27.0 Å². The van der Waals surface area contributed by atoms with Gasteiger partial charge in [0.15, 0.2) is 0 Å². The highest BCUT2D eigenvalue weighted by Gasteiger charge is 2.11. The van der Waals surface area contributed by atoms with Crippen LogP contribution in [0.25, 0.3) is 10.8 Å². The highest BCUT2D eigenvalue weighted by molar-refractivity contribution is 6.03. The Balaban J connectivity index is 1.60. The van der Waals surface area contributed by atoms with Gasteiger partial charge in [0.2, 0.25) is 0 Å². The molecule has 1 N–H and O–H groups in total. The molecule has 0 saturated heterocycles. The summed E-state index contributed by atoms with van der Waals surface area (Å²) in [6, 6.07) is 26.0. The summed E-state index contributed by atoms with van der Waals surface area (Å²) in [5.74, 6) is 1.17. The molecule has 1 amide bonds. The van der Waals surface area contributed by atoms with E-state index in [1.54, 1.807) is 30.5 Å². The highest BCUT2D eigenvalue weighted by Crippen LogP contribution is 2.28. The van der Waals surface area contributed by atoms with E-state index in [1.165, 1.54) is 14.2 Å². The molecule has 7 nitrogen and oxygen atoms in total. The lowest BCUT2D eigenvalue weighted by Gasteiger charge is -2.12. The van der Waals surface area contributed by atoms with Gasteiger partial charge >= 0.3 is 0 Å². The summed E-state index contributed by atoms with van der Waals surface area (Å²) in [4.78, 5) is 12.7. The standard InChI is InChI=1S/C28H23N3O4/c1-33-23-13-22(14-24(15-23)34-2)28(32)31-30-17-26-25-10-6-5-7-19(25)11-12-27(26)35-18-21-9-4-3-8-20(21)16-29/h3-15,17H,18H2,1-2H3,(H,31,32)/b30-17-. The zero-order valence-corrected chi connectivity index (χ0v) is 19.3. The van der Waals surface area contributed by atoms with Crippen molar-refractivity contribution in [2.24, 2.45) is 5.10 Å². The number of carbonyl (C=O) groups is 1. The number of hydrazone groups is 1. The lowest BCUT2D eigenvalue weighted by Crippen LogP contribution is -2.18. The van der Waals surface area contributed by atoms with Crippen molar-refractivity contribution in [3.05, 3.63) is 101 Å². The van der Waals surface area contributed by atoms with Crippen molar-refractivity contribution in [3.8, 4) is 23.3 Å². The number of rotatable bonds is 8. The maximum atomic E-state index is 12.7. The molecular formula is C28H23N3O4. The van der Waals surface area contributed by atoms with Gasteiger partial charge in [0.05, 0.1) is 32.1 Å². The van der Waals surface area contributed by atoms with Crippen LogP contribution in [0.15, 0.2) is 84.0 Å². The summed E-state index contributed by atoms with van der Waals surface area (Å²) in [6.45, 7) is 0.221. The van der Waals surface area contributed by atoms with Crippen molar-refractivity contribution in [2.45, 2.75) is 6.61 Å². The first kappa shape index (κ1) is 23.3. The maximum absolute atomic E-state index is 12.7. The molecule has 0 aliphatic carbocycles. The Morgan fingerprint density at radius 2 is 1.69 bits per heavy atom. The van der Waals surface area contributed by atoms with Gasteiger partial charge in [-0.05, 0) is 35.0 Å². The fourth-order valence-electron chi connectivity index (χ4n) is 3.60. The Bertz CT molecular complexity index is 1420. The molecule has 0 aliphatic rings. The number of fused-ring (bicyclic) bond motifs is 1. The van der Waals surface area contributed by atoms with Crippen molar-refractivity contribution >= 4 is 22.9 Å². The predicted octanol–water partition coefficient (Wildman–Crippen LogP) is 5.07. The minimum Gasteiger partial charge on any atom is -0.497 e. The van der Waals surface area contributed by atoms with Gasteiger partial charge in [-0.15, -0.1) is 0 Å². The van der Waals surface area contributed by atoms with E-state index in [0.717, 1.165) is 16.3 Å². The first-order valence-electron chi connectivity index (χ1n) is 10.8. The molecule has 0 aromatic heterocycles. The third-order valence-corrected chi connectivity index (χ3v) is 5.43. The van der Waals surface area contributed by atoms with Crippen molar-refractivity contribution in [1.29, 1.82) is 5.26 Å². The molecule has 0 aliphatic heterocycles.